The van der Waals surface area contributed by atoms with Crippen molar-refractivity contribution in [1.29, 1.82) is 0 Å². The molecule has 8 rings (SSSR count). The Labute approximate surface area is 295 Å². The van der Waals surface area contributed by atoms with Crippen LogP contribution in [0.2, 0.25) is 0 Å². The van der Waals surface area contributed by atoms with Gasteiger partial charge in [-0.2, -0.15) is 0 Å². The van der Waals surface area contributed by atoms with E-state index in [0.29, 0.717) is 48.3 Å². The molecule has 284 valence electrons. The third-order valence-corrected chi connectivity index (χ3v) is 15.2. The van der Waals surface area contributed by atoms with Crippen molar-refractivity contribution in [2.24, 2.45) is 46.3 Å². The van der Waals surface area contributed by atoms with Crippen molar-refractivity contribution >= 4 is 0 Å². The Bertz CT molecular complexity index is 1290. The quantitative estimate of drug-likeness (QED) is 0.235. The molecular formula is C38H60O12. The summed E-state index contributed by atoms with van der Waals surface area (Å²) >= 11 is 0. The molecule has 4 heterocycles. The van der Waals surface area contributed by atoms with E-state index in [0.717, 1.165) is 45.1 Å². The lowest BCUT2D eigenvalue weighted by atomic mass is 9.46. The van der Waals surface area contributed by atoms with E-state index in [1.165, 1.54) is 5.57 Å². The van der Waals surface area contributed by atoms with Crippen molar-refractivity contribution in [3.05, 3.63) is 11.6 Å². The van der Waals surface area contributed by atoms with Crippen molar-refractivity contribution < 1.29 is 59.1 Å². The van der Waals surface area contributed by atoms with Gasteiger partial charge in [0, 0.05) is 24.2 Å². The van der Waals surface area contributed by atoms with Crippen LogP contribution in [0.5, 0.6) is 0 Å². The van der Waals surface area contributed by atoms with Gasteiger partial charge in [-0.15, -0.1) is 0 Å². The molecule has 6 N–H and O–H groups in total. The van der Waals surface area contributed by atoms with Crippen molar-refractivity contribution in [2.45, 2.75) is 165 Å². The van der Waals surface area contributed by atoms with E-state index < -0.39 is 78.7 Å². The van der Waals surface area contributed by atoms with Crippen LogP contribution in [0.25, 0.3) is 0 Å². The van der Waals surface area contributed by atoms with Crippen LogP contribution in [0.1, 0.15) is 86.0 Å². The Kier molecular flexibility index (Phi) is 9.38. The van der Waals surface area contributed by atoms with Gasteiger partial charge < -0.3 is 59.1 Å². The number of ether oxygens (including phenoxy) is 6. The first kappa shape index (κ1) is 36.2. The molecule has 3 saturated carbocycles. The van der Waals surface area contributed by atoms with Gasteiger partial charge in [-0.1, -0.05) is 39.3 Å². The number of aliphatic hydroxyl groups is 6. The molecule has 0 aromatic rings. The minimum absolute atomic E-state index is 0.134. The summed E-state index contributed by atoms with van der Waals surface area (Å²) in [4.78, 5) is 0. The van der Waals surface area contributed by atoms with Gasteiger partial charge in [0.2, 0.25) is 0 Å². The van der Waals surface area contributed by atoms with Crippen molar-refractivity contribution in [1.82, 2.24) is 0 Å². The van der Waals surface area contributed by atoms with Crippen LogP contribution in [0, 0.1) is 46.3 Å². The number of hydrogen-bond acceptors (Lipinski definition) is 12. The molecule has 4 aliphatic heterocycles. The maximum atomic E-state index is 11.1. The molecule has 12 heteroatoms. The van der Waals surface area contributed by atoms with Crippen LogP contribution in [0.3, 0.4) is 0 Å². The number of fused-ring (bicyclic) bond motifs is 7. The van der Waals surface area contributed by atoms with Crippen molar-refractivity contribution in [2.75, 3.05) is 13.2 Å². The fourth-order valence-electron chi connectivity index (χ4n) is 12.4. The monoisotopic (exact) mass is 708 g/mol. The topological polar surface area (TPSA) is 177 Å². The lowest BCUT2D eigenvalue weighted by Gasteiger charge is -2.60. The van der Waals surface area contributed by atoms with Gasteiger partial charge in [-0.05, 0) is 80.5 Å². The average Bonchev–Trinajstić information content (AvgIpc) is 3.53. The highest BCUT2D eigenvalue weighted by Crippen LogP contribution is 2.71. The Hall–Kier alpha value is -0.740. The van der Waals surface area contributed by atoms with E-state index in [-0.39, 0.29) is 18.1 Å². The van der Waals surface area contributed by atoms with Crippen LogP contribution >= 0.6 is 0 Å². The Morgan fingerprint density at radius 2 is 1.60 bits per heavy atom. The molecule has 0 aromatic heterocycles. The fraction of sp³-hybridized carbons (Fsp3) is 0.947. The predicted octanol–water partition coefficient (Wildman–Crippen LogP) is 2.00. The summed E-state index contributed by atoms with van der Waals surface area (Å²) in [6.07, 6.45) is -3.26. The molecule has 12 nitrogen and oxygen atoms in total. The predicted molar refractivity (Wildman–Crippen MR) is 177 cm³/mol. The number of aliphatic hydroxyl groups excluding tert-OH is 6. The second kappa shape index (κ2) is 12.9. The van der Waals surface area contributed by atoms with Gasteiger partial charge in [0.25, 0.3) is 0 Å². The first-order chi connectivity index (χ1) is 23.7. The summed E-state index contributed by atoms with van der Waals surface area (Å²) in [5, 5.41) is 64.1. The normalized spacial score (nSPS) is 59.3. The van der Waals surface area contributed by atoms with Crippen LogP contribution in [-0.4, -0.2) is 123 Å². The molecule has 4 saturated heterocycles. The van der Waals surface area contributed by atoms with Gasteiger partial charge in [-0.25, -0.2) is 0 Å². The van der Waals surface area contributed by atoms with Crippen LogP contribution in [0.4, 0.5) is 0 Å². The van der Waals surface area contributed by atoms with Crippen LogP contribution in [-0.2, 0) is 28.4 Å². The van der Waals surface area contributed by atoms with Gasteiger partial charge >= 0.3 is 0 Å². The smallest absolute Gasteiger partial charge is 0.187 e. The Morgan fingerprint density at radius 3 is 2.34 bits per heavy atom. The first-order valence-corrected chi connectivity index (χ1v) is 19.4. The van der Waals surface area contributed by atoms with E-state index in [2.05, 4.69) is 33.8 Å². The highest BCUT2D eigenvalue weighted by Gasteiger charge is 2.69. The second-order valence-electron chi connectivity index (χ2n) is 17.9. The summed E-state index contributed by atoms with van der Waals surface area (Å²) in [7, 11) is 0. The van der Waals surface area contributed by atoms with E-state index in [9.17, 15) is 30.6 Å². The molecule has 0 aromatic carbocycles. The van der Waals surface area contributed by atoms with Crippen molar-refractivity contribution in [3.63, 3.8) is 0 Å². The molecule has 0 bridgehead atoms. The van der Waals surface area contributed by atoms with Crippen molar-refractivity contribution in [3.8, 4) is 0 Å². The van der Waals surface area contributed by atoms with Gasteiger partial charge in [0.15, 0.2) is 18.4 Å². The number of allylic oxidation sites excluding steroid dienone is 1. The SMILES string of the molecule is C[C@@H]1CC[C@@]2(OC1)O[C@H]1C[C@H]3[C@@H]4CC=C5C[C@H](O)C[C@@H](O[C@@H]6OC[C@@H](O)[C@H](O)[C@H]6O[C@@H]6O[C@H](C)[C@@H](O)[C@H](O)[C@H]6O)[C@]5(C)[C@@H]4CC[C@]3(C)[C@H]1[C@@H]2C. The third kappa shape index (κ3) is 5.45. The minimum atomic E-state index is -1.60. The molecule has 50 heavy (non-hydrogen) atoms. The second-order valence-corrected chi connectivity index (χ2v) is 17.9. The first-order valence-electron chi connectivity index (χ1n) is 19.4. The van der Waals surface area contributed by atoms with Gasteiger partial charge in [0.05, 0.1) is 37.6 Å². The maximum absolute atomic E-state index is 11.1. The molecule has 4 aliphatic carbocycles. The zero-order chi connectivity index (χ0) is 35.5. The third-order valence-electron chi connectivity index (χ3n) is 15.2. The molecule has 1 spiro atoms. The molecule has 21 atom stereocenters. The highest BCUT2D eigenvalue weighted by atomic mass is 16.8. The highest BCUT2D eigenvalue weighted by molar-refractivity contribution is 5.28. The molecule has 0 radical (unpaired) electrons. The van der Waals surface area contributed by atoms with Gasteiger partial charge in [0.1, 0.15) is 36.6 Å². The zero-order valence-corrected chi connectivity index (χ0v) is 30.2. The number of hydrogen-bond donors (Lipinski definition) is 6. The molecular weight excluding hydrogens is 648 g/mol. The maximum Gasteiger partial charge on any atom is 0.187 e. The van der Waals surface area contributed by atoms with Gasteiger partial charge in [-0.3, -0.25) is 0 Å². The summed E-state index contributed by atoms with van der Waals surface area (Å²) in [5.74, 6) is 2.08. The van der Waals surface area contributed by atoms with E-state index in [4.69, 9.17) is 28.4 Å². The van der Waals surface area contributed by atoms with E-state index >= 15 is 0 Å². The van der Waals surface area contributed by atoms with Crippen LogP contribution in [0.15, 0.2) is 11.6 Å². The standard InChI is InChI=1S/C38H60O12/c1-17-8-11-38(46-15-17)18(2)28-26(50-38)14-24-22-7-6-20-12-21(39)13-27(37(20,5)23(22)9-10-36(24,28)4)48-35-33(30(42)25(40)16-45-35)49-34-32(44)31(43)29(41)19(3)47-34/h6,17-19,21-35,39-44H,7-16H2,1-5H3/t17-,18+,19-,21+,22-,23-,24+,25-,26+,27-,28+,29-,30+,31+,32-,33-,34+,35+,36+,37+,38-/m1/s1. The average molecular weight is 709 g/mol. The fourth-order valence-corrected chi connectivity index (χ4v) is 12.4. The lowest BCUT2D eigenvalue weighted by molar-refractivity contribution is -0.362. The molecule has 0 unspecified atom stereocenters. The Morgan fingerprint density at radius 1 is 0.820 bits per heavy atom. The zero-order valence-electron chi connectivity index (χ0n) is 30.2. The van der Waals surface area contributed by atoms with E-state index in [1.807, 2.05) is 0 Å². The molecule has 0 amide bonds. The van der Waals surface area contributed by atoms with E-state index in [1.54, 1.807) is 6.92 Å². The molecule has 7 fully saturated rings. The Balaban J connectivity index is 1.04. The van der Waals surface area contributed by atoms with Crippen LogP contribution < -0.4 is 0 Å². The summed E-state index contributed by atoms with van der Waals surface area (Å²) in [6.45, 7) is 11.5. The minimum Gasteiger partial charge on any atom is -0.393 e. The molecule has 8 aliphatic rings. The summed E-state index contributed by atoms with van der Waals surface area (Å²) in [6, 6.07) is 0. The summed E-state index contributed by atoms with van der Waals surface area (Å²) < 4.78 is 38.0. The number of rotatable bonds is 4. The summed E-state index contributed by atoms with van der Waals surface area (Å²) in [5.41, 5.74) is 0.917. The lowest BCUT2D eigenvalue weighted by Crippen LogP contribution is -2.63. The largest absolute Gasteiger partial charge is 0.393 e.